The summed E-state index contributed by atoms with van der Waals surface area (Å²) in [6, 6.07) is 29.3. The van der Waals surface area contributed by atoms with Crippen molar-refractivity contribution in [2.75, 3.05) is 26.2 Å². The monoisotopic (exact) mass is 373 g/mol. The van der Waals surface area contributed by atoms with Crippen LogP contribution in [-0.2, 0) is 17.8 Å². The molecule has 0 amide bonds. The van der Waals surface area contributed by atoms with Crippen LogP contribution in [0.15, 0.2) is 84.9 Å². The molecule has 3 aromatic carbocycles. The molecular formula is C25H27NO2. The fraction of sp³-hybridized carbons (Fsp3) is 0.280. The van der Waals surface area contributed by atoms with Gasteiger partial charge in [0.1, 0.15) is 12.4 Å². The normalized spacial score (nSPS) is 17.4. The first kappa shape index (κ1) is 18.7. The van der Waals surface area contributed by atoms with Crippen molar-refractivity contribution >= 4 is 0 Å². The second kappa shape index (κ2) is 9.54. The van der Waals surface area contributed by atoms with E-state index in [1.807, 2.05) is 30.3 Å². The van der Waals surface area contributed by atoms with Gasteiger partial charge in [0.05, 0.1) is 12.7 Å². The highest BCUT2D eigenvalue weighted by molar-refractivity contribution is 5.29. The van der Waals surface area contributed by atoms with E-state index in [-0.39, 0.29) is 6.10 Å². The van der Waals surface area contributed by atoms with E-state index in [2.05, 4.69) is 59.5 Å². The van der Waals surface area contributed by atoms with E-state index >= 15 is 0 Å². The van der Waals surface area contributed by atoms with Gasteiger partial charge in [-0.2, -0.15) is 0 Å². The molecule has 3 nitrogen and oxygen atoms in total. The van der Waals surface area contributed by atoms with Crippen molar-refractivity contribution < 1.29 is 9.47 Å². The molecule has 0 spiro atoms. The lowest BCUT2D eigenvalue weighted by Gasteiger charge is -2.33. The van der Waals surface area contributed by atoms with Crippen molar-refractivity contribution in [1.82, 2.24) is 4.90 Å². The van der Waals surface area contributed by atoms with Gasteiger partial charge in [-0.1, -0.05) is 72.8 Å². The van der Waals surface area contributed by atoms with E-state index < -0.39 is 0 Å². The highest BCUT2D eigenvalue weighted by Gasteiger charge is 2.21. The topological polar surface area (TPSA) is 21.7 Å². The molecule has 1 aliphatic rings. The molecule has 1 saturated heterocycles. The Kier molecular flexibility index (Phi) is 6.38. The first-order valence-electron chi connectivity index (χ1n) is 10.0. The van der Waals surface area contributed by atoms with Gasteiger partial charge in [0.2, 0.25) is 0 Å². The standard InChI is InChI=1S/C25H27NO2/c1-3-7-21(8-4-1)15-16-26-17-18-27-25(19-26)23-11-13-24(14-12-23)28-20-22-9-5-2-6-10-22/h1-14,25H,15-20H2/t25-/m1/s1. The Bertz CT molecular complexity index is 833. The molecule has 1 aliphatic heterocycles. The molecule has 4 rings (SSSR count). The maximum atomic E-state index is 6.03. The molecule has 1 heterocycles. The van der Waals surface area contributed by atoms with Gasteiger partial charge in [0.15, 0.2) is 0 Å². The van der Waals surface area contributed by atoms with Crippen molar-refractivity contribution in [2.45, 2.75) is 19.1 Å². The van der Waals surface area contributed by atoms with Crippen molar-refractivity contribution in [3.8, 4) is 5.75 Å². The van der Waals surface area contributed by atoms with Crippen LogP contribution < -0.4 is 4.74 Å². The lowest BCUT2D eigenvalue weighted by atomic mass is 10.1. The Balaban J connectivity index is 1.29. The number of benzene rings is 3. The van der Waals surface area contributed by atoms with Crippen LogP contribution in [0.25, 0.3) is 0 Å². The summed E-state index contributed by atoms with van der Waals surface area (Å²) in [6.07, 6.45) is 1.22. The zero-order chi connectivity index (χ0) is 19.0. The average Bonchev–Trinajstić information content (AvgIpc) is 2.78. The summed E-state index contributed by atoms with van der Waals surface area (Å²) < 4.78 is 11.9. The summed E-state index contributed by atoms with van der Waals surface area (Å²) in [5.74, 6) is 0.893. The molecule has 0 unspecified atom stereocenters. The first-order valence-corrected chi connectivity index (χ1v) is 10.0. The molecule has 1 fully saturated rings. The van der Waals surface area contributed by atoms with Gasteiger partial charge in [-0.25, -0.2) is 0 Å². The van der Waals surface area contributed by atoms with Crippen molar-refractivity contribution in [2.24, 2.45) is 0 Å². The lowest BCUT2D eigenvalue weighted by Crippen LogP contribution is -2.39. The number of nitrogens with zero attached hydrogens (tertiary/aromatic N) is 1. The molecule has 3 aromatic rings. The Hall–Kier alpha value is -2.62. The van der Waals surface area contributed by atoms with Gasteiger partial charge < -0.3 is 9.47 Å². The van der Waals surface area contributed by atoms with Crippen molar-refractivity contribution in [3.05, 3.63) is 102 Å². The molecule has 0 N–H and O–H groups in total. The summed E-state index contributed by atoms with van der Waals surface area (Å²) in [6.45, 7) is 4.39. The number of rotatable bonds is 7. The Morgan fingerprint density at radius 3 is 2.21 bits per heavy atom. The average molecular weight is 373 g/mol. The summed E-state index contributed by atoms with van der Waals surface area (Å²) in [7, 11) is 0. The van der Waals surface area contributed by atoms with E-state index in [4.69, 9.17) is 9.47 Å². The minimum absolute atomic E-state index is 0.132. The SMILES string of the molecule is c1ccc(CCN2CCO[C@@H](c3ccc(OCc4ccccc4)cc3)C2)cc1. The summed E-state index contributed by atoms with van der Waals surface area (Å²) in [4.78, 5) is 2.50. The maximum absolute atomic E-state index is 6.03. The minimum Gasteiger partial charge on any atom is -0.489 e. The fourth-order valence-electron chi connectivity index (χ4n) is 3.56. The van der Waals surface area contributed by atoms with Crippen LogP contribution >= 0.6 is 0 Å². The molecule has 0 bridgehead atoms. The third-order valence-electron chi connectivity index (χ3n) is 5.21. The Morgan fingerprint density at radius 2 is 1.50 bits per heavy atom. The van der Waals surface area contributed by atoms with E-state index in [0.29, 0.717) is 6.61 Å². The van der Waals surface area contributed by atoms with Gasteiger partial charge in [-0.05, 0) is 35.2 Å². The van der Waals surface area contributed by atoms with Crippen molar-refractivity contribution in [1.29, 1.82) is 0 Å². The van der Waals surface area contributed by atoms with Gasteiger partial charge in [-0.3, -0.25) is 4.90 Å². The summed E-state index contributed by atoms with van der Waals surface area (Å²) in [5.41, 5.74) is 3.79. The zero-order valence-corrected chi connectivity index (χ0v) is 16.2. The maximum Gasteiger partial charge on any atom is 0.119 e. The van der Waals surface area contributed by atoms with Gasteiger partial charge in [-0.15, -0.1) is 0 Å². The van der Waals surface area contributed by atoms with Crippen LogP contribution in [0.3, 0.4) is 0 Å². The van der Waals surface area contributed by atoms with Crippen molar-refractivity contribution in [3.63, 3.8) is 0 Å². The molecule has 28 heavy (non-hydrogen) atoms. The van der Waals surface area contributed by atoms with Crippen LogP contribution in [0.4, 0.5) is 0 Å². The van der Waals surface area contributed by atoms with E-state index in [9.17, 15) is 0 Å². The van der Waals surface area contributed by atoms with Crippen LogP contribution in [0, 0.1) is 0 Å². The van der Waals surface area contributed by atoms with Crippen LogP contribution in [-0.4, -0.2) is 31.1 Å². The largest absolute Gasteiger partial charge is 0.489 e. The summed E-state index contributed by atoms with van der Waals surface area (Å²) in [5, 5.41) is 0. The quantitative estimate of drug-likeness (QED) is 0.589. The molecule has 0 radical (unpaired) electrons. The van der Waals surface area contributed by atoms with Gasteiger partial charge in [0.25, 0.3) is 0 Å². The molecule has 1 atom stereocenters. The van der Waals surface area contributed by atoms with Crippen LogP contribution in [0.1, 0.15) is 22.8 Å². The molecular weight excluding hydrogens is 346 g/mol. The predicted octanol–water partition coefficient (Wildman–Crippen LogP) is 4.88. The highest BCUT2D eigenvalue weighted by atomic mass is 16.5. The first-order chi connectivity index (χ1) is 13.9. The van der Waals surface area contributed by atoms with E-state index in [1.54, 1.807) is 0 Å². The molecule has 144 valence electrons. The van der Waals surface area contributed by atoms with Gasteiger partial charge >= 0.3 is 0 Å². The number of hydrogen-bond acceptors (Lipinski definition) is 3. The number of ether oxygens (including phenoxy) is 2. The predicted molar refractivity (Wildman–Crippen MR) is 112 cm³/mol. The molecule has 0 saturated carbocycles. The summed E-state index contributed by atoms with van der Waals surface area (Å²) >= 11 is 0. The molecule has 0 aromatic heterocycles. The zero-order valence-electron chi connectivity index (χ0n) is 16.2. The molecule has 3 heteroatoms. The number of hydrogen-bond donors (Lipinski definition) is 0. The van der Waals surface area contributed by atoms with Gasteiger partial charge in [0, 0.05) is 19.6 Å². The Labute approximate surface area is 167 Å². The molecule has 0 aliphatic carbocycles. The number of morpholine rings is 1. The highest BCUT2D eigenvalue weighted by Crippen LogP contribution is 2.25. The third-order valence-corrected chi connectivity index (χ3v) is 5.21. The smallest absolute Gasteiger partial charge is 0.119 e. The second-order valence-electron chi connectivity index (χ2n) is 7.24. The van der Waals surface area contributed by atoms with Crippen LogP contribution in [0.2, 0.25) is 0 Å². The van der Waals surface area contributed by atoms with E-state index in [1.165, 1.54) is 16.7 Å². The third kappa shape index (κ3) is 5.22. The van der Waals surface area contributed by atoms with E-state index in [0.717, 1.165) is 38.4 Å². The van der Waals surface area contributed by atoms with Crippen LogP contribution in [0.5, 0.6) is 5.75 Å². The second-order valence-corrected chi connectivity index (χ2v) is 7.24. The minimum atomic E-state index is 0.132. The fourth-order valence-corrected chi connectivity index (χ4v) is 3.56. The Morgan fingerprint density at radius 1 is 0.821 bits per heavy atom. The lowest BCUT2D eigenvalue weighted by molar-refractivity contribution is -0.0295.